The van der Waals surface area contributed by atoms with Crippen molar-refractivity contribution in [2.45, 2.75) is 70.8 Å². The fraction of sp³-hybridized carbons (Fsp3) is 0.875. The van der Waals surface area contributed by atoms with Crippen molar-refractivity contribution in [1.82, 2.24) is 10.6 Å². The summed E-state index contributed by atoms with van der Waals surface area (Å²) in [6.45, 7) is 2.32. The molecule has 0 aromatic rings. The second kappa shape index (κ2) is 7.14. The van der Waals surface area contributed by atoms with Gasteiger partial charge in [0.2, 0.25) is 0 Å². The van der Waals surface area contributed by atoms with Gasteiger partial charge in [0, 0.05) is 12.6 Å². The molecule has 3 N–H and O–H groups in total. The summed E-state index contributed by atoms with van der Waals surface area (Å²) in [5.41, 5.74) is -0.756. The monoisotopic (exact) mass is 296 g/mol. The first-order chi connectivity index (χ1) is 10.1. The maximum absolute atomic E-state index is 12.0. The molecule has 2 fully saturated rings. The maximum Gasteiger partial charge on any atom is 0.315 e. The summed E-state index contributed by atoms with van der Waals surface area (Å²) in [5.74, 6) is 0.00600. The average molecular weight is 296 g/mol. The van der Waals surface area contributed by atoms with Gasteiger partial charge in [0.25, 0.3) is 0 Å². The van der Waals surface area contributed by atoms with Gasteiger partial charge < -0.3 is 15.7 Å². The number of hydrogen-bond donors (Lipinski definition) is 3. The lowest BCUT2D eigenvalue weighted by Crippen LogP contribution is -2.49. The zero-order valence-corrected chi connectivity index (χ0v) is 13.0. The van der Waals surface area contributed by atoms with Crippen LogP contribution in [0.4, 0.5) is 4.79 Å². The maximum atomic E-state index is 12.0. The Labute approximate surface area is 126 Å². The number of rotatable bonds is 7. The van der Waals surface area contributed by atoms with Crippen LogP contribution in [0, 0.1) is 11.3 Å². The third-order valence-electron chi connectivity index (χ3n) is 4.99. The van der Waals surface area contributed by atoms with Gasteiger partial charge in [0.05, 0.1) is 5.41 Å². The smallest absolute Gasteiger partial charge is 0.315 e. The van der Waals surface area contributed by atoms with Crippen molar-refractivity contribution < 1.29 is 14.7 Å². The molecular formula is C16H28N2O3. The minimum atomic E-state index is -0.771. The molecule has 2 aliphatic rings. The van der Waals surface area contributed by atoms with E-state index in [0.29, 0.717) is 12.8 Å². The fourth-order valence-electron chi connectivity index (χ4n) is 3.26. The number of carboxylic acids is 1. The van der Waals surface area contributed by atoms with Gasteiger partial charge in [-0.15, -0.1) is 0 Å². The van der Waals surface area contributed by atoms with Gasteiger partial charge in [0.15, 0.2) is 0 Å². The van der Waals surface area contributed by atoms with Crippen molar-refractivity contribution in [2.75, 3.05) is 6.54 Å². The van der Waals surface area contributed by atoms with E-state index in [4.69, 9.17) is 0 Å². The summed E-state index contributed by atoms with van der Waals surface area (Å²) in [7, 11) is 0. The second-order valence-corrected chi connectivity index (χ2v) is 6.76. The molecule has 0 saturated heterocycles. The quantitative estimate of drug-likeness (QED) is 0.676. The van der Waals surface area contributed by atoms with Gasteiger partial charge in [-0.05, 0) is 31.6 Å². The van der Waals surface area contributed by atoms with Crippen LogP contribution in [-0.4, -0.2) is 29.7 Å². The Morgan fingerprint density at radius 1 is 1.24 bits per heavy atom. The lowest BCUT2D eigenvalue weighted by molar-refractivity contribution is -0.150. The van der Waals surface area contributed by atoms with Crippen molar-refractivity contribution in [3.63, 3.8) is 0 Å². The van der Waals surface area contributed by atoms with Gasteiger partial charge in [-0.2, -0.15) is 0 Å². The van der Waals surface area contributed by atoms with Crippen LogP contribution in [0.2, 0.25) is 0 Å². The van der Waals surface area contributed by atoms with E-state index in [1.165, 1.54) is 12.8 Å². The zero-order chi connectivity index (χ0) is 15.3. The van der Waals surface area contributed by atoms with Gasteiger partial charge >= 0.3 is 12.0 Å². The summed E-state index contributed by atoms with van der Waals surface area (Å²) in [4.78, 5) is 23.6. The minimum Gasteiger partial charge on any atom is -0.481 e. The molecule has 0 bridgehead atoms. The van der Waals surface area contributed by atoms with Crippen LogP contribution in [0.5, 0.6) is 0 Å². The number of hydrogen-bond acceptors (Lipinski definition) is 2. The Morgan fingerprint density at radius 2 is 1.90 bits per heavy atom. The van der Waals surface area contributed by atoms with Crippen molar-refractivity contribution in [1.29, 1.82) is 0 Å². The zero-order valence-electron chi connectivity index (χ0n) is 13.0. The van der Waals surface area contributed by atoms with E-state index in [0.717, 1.165) is 38.0 Å². The summed E-state index contributed by atoms with van der Waals surface area (Å²) in [5, 5.41) is 15.3. The molecule has 5 nitrogen and oxygen atoms in total. The Bertz CT molecular complexity index is 374. The van der Waals surface area contributed by atoms with Gasteiger partial charge in [-0.1, -0.05) is 39.0 Å². The van der Waals surface area contributed by atoms with Crippen LogP contribution in [0.3, 0.4) is 0 Å². The number of aliphatic carboxylic acids is 1. The summed E-state index contributed by atoms with van der Waals surface area (Å²) in [6, 6.07) is -0.00154. The number of carbonyl (C=O) groups is 2. The van der Waals surface area contributed by atoms with Crippen molar-refractivity contribution >= 4 is 12.0 Å². The largest absolute Gasteiger partial charge is 0.481 e. The molecule has 0 radical (unpaired) electrons. The van der Waals surface area contributed by atoms with Gasteiger partial charge in [0.1, 0.15) is 0 Å². The van der Waals surface area contributed by atoms with Crippen molar-refractivity contribution in [3.8, 4) is 0 Å². The molecule has 2 rings (SSSR count). The molecule has 2 amide bonds. The number of urea groups is 1. The summed E-state index contributed by atoms with van der Waals surface area (Å²) in [6.07, 6.45) is 8.85. The van der Waals surface area contributed by atoms with Crippen LogP contribution < -0.4 is 10.6 Å². The average Bonchev–Trinajstić information content (AvgIpc) is 3.29. The third-order valence-corrected chi connectivity index (χ3v) is 4.99. The van der Waals surface area contributed by atoms with Gasteiger partial charge in [-0.25, -0.2) is 4.79 Å². The first-order valence-corrected chi connectivity index (χ1v) is 8.33. The van der Waals surface area contributed by atoms with Crippen LogP contribution in [-0.2, 0) is 4.79 Å². The van der Waals surface area contributed by atoms with E-state index in [1.54, 1.807) is 0 Å². The standard InChI is InChI=1S/C16H28N2O3/c1-2-13(10-12-6-7-12)18-15(21)17-11-16(14(19)20)8-4-3-5-9-16/h12-13H,2-11H2,1H3,(H,19,20)(H2,17,18,21). The van der Waals surface area contributed by atoms with E-state index in [-0.39, 0.29) is 18.6 Å². The van der Waals surface area contributed by atoms with E-state index < -0.39 is 11.4 Å². The molecule has 21 heavy (non-hydrogen) atoms. The van der Waals surface area contributed by atoms with E-state index in [2.05, 4.69) is 17.6 Å². The van der Waals surface area contributed by atoms with Crippen LogP contribution in [0.15, 0.2) is 0 Å². The van der Waals surface area contributed by atoms with Crippen LogP contribution >= 0.6 is 0 Å². The molecule has 5 heteroatoms. The first kappa shape index (κ1) is 16.1. The molecule has 0 aromatic heterocycles. The molecular weight excluding hydrogens is 268 g/mol. The third kappa shape index (κ3) is 4.61. The number of nitrogens with one attached hydrogen (secondary N) is 2. The molecule has 0 aliphatic heterocycles. The highest BCUT2D eigenvalue weighted by Gasteiger charge is 2.39. The van der Waals surface area contributed by atoms with Crippen molar-refractivity contribution in [2.24, 2.45) is 11.3 Å². The molecule has 2 aliphatic carbocycles. The predicted molar refractivity (Wildman–Crippen MR) is 81.1 cm³/mol. The number of carboxylic acid groups (broad SMARTS) is 1. The Morgan fingerprint density at radius 3 is 2.43 bits per heavy atom. The van der Waals surface area contributed by atoms with E-state index in [1.807, 2.05) is 0 Å². The Hall–Kier alpha value is -1.26. The number of carbonyl (C=O) groups excluding carboxylic acids is 1. The fourth-order valence-corrected chi connectivity index (χ4v) is 3.26. The molecule has 0 heterocycles. The highest BCUT2D eigenvalue weighted by Crippen LogP contribution is 2.36. The topological polar surface area (TPSA) is 78.4 Å². The molecule has 1 unspecified atom stereocenters. The molecule has 2 saturated carbocycles. The number of amides is 2. The summed E-state index contributed by atoms with van der Waals surface area (Å²) < 4.78 is 0. The van der Waals surface area contributed by atoms with Crippen LogP contribution in [0.25, 0.3) is 0 Å². The summed E-state index contributed by atoms with van der Waals surface area (Å²) >= 11 is 0. The minimum absolute atomic E-state index is 0.213. The molecule has 0 aromatic carbocycles. The van der Waals surface area contributed by atoms with E-state index in [9.17, 15) is 14.7 Å². The lowest BCUT2D eigenvalue weighted by atomic mass is 9.74. The molecule has 120 valence electrons. The second-order valence-electron chi connectivity index (χ2n) is 6.76. The van der Waals surface area contributed by atoms with Crippen molar-refractivity contribution in [3.05, 3.63) is 0 Å². The SMILES string of the molecule is CCC(CC1CC1)NC(=O)NCC1(C(=O)O)CCCCC1. The lowest BCUT2D eigenvalue weighted by Gasteiger charge is -2.33. The Kier molecular flexibility index (Phi) is 5.48. The van der Waals surface area contributed by atoms with Crippen LogP contribution in [0.1, 0.15) is 64.7 Å². The van der Waals surface area contributed by atoms with Gasteiger partial charge in [-0.3, -0.25) is 4.79 Å². The van der Waals surface area contributed by atoms with E-state index >= 15 is 0 Å². The highest BCUT2D eigenvalue weighted by atomic mass is 16.4. The first-order valence-electron chi connectivity index (χ1n) is 8.33. The highest BCUT2D eigenvalue weighted by molar-refractivity contribution is 5.78. The molecule has 0 spiro atoms. The Balaban J connectivity index is 1.79. The normalized spacial score (nSPS) is 22.3. The molecule has 1 atom stereocenters. The predicted octanol–water partition coefficient (Wildman–Crippen LogP) is 2.90.